The summed E-state index contributed by atoms with van der Waals surface area (Å²) in [7, 11) is 3.05. The number of amides is 2. The van der Waals surface area contributed by atoms with Crippen molar-refractivity contribution in [3.8, 4) is 11.5 Å². The quantitative estimate of drug-likeness (QED) is 0.585. The molecule has 0 radical (unpaired) electrons. The number of benzene rings is 1. The predicted octanol–water partition coefficient (Wildman–Crippen LogP) is 2.23. The Morgan fingerprint density at radius 3 is 2.50 bits per heavy atom. The summed E-state index contributed by atoms with van der Waals surface area (Å²) in [6.07, 6.45) is 3.05. The van der Waals surface area contributed by atoms with E-state index >= 15 is 0 Å². The summed E-state index contributed by atoms with van der Waals surface area (Å²) < 4.78 is 10.4. The van der Waals surface area contributed by atoms with E-state index in [9.17, 15) is 9.59 Å². The van der Waals surface area contributed by atoms with Crippen molar-refractivity contribution in [1.29, 1.82) is 0 Å². The molecule has 26 heavy (non-hydrogen) atoms. The van der Waals surface area contributed by atoms with Gasteiger partial charge in [0.2, 0.25) is 5.91 Å². The lowest BCUT2D eigenvalue weighted by Crippen LogP contribution is -2.21. The molecule has 2 aromatic rings. The van der Waals surface area contributed by atoms with Crippen LogP contribution < -0.4 is 20.2 Å². The Hall–Kier alpha value is -3.42. The number of pyridine rings is 1. The zero-order valence-corrected chi connectivity index (χ0v) is 14.8. The lowest BCUT2D eigenvalue weighted by atomic mass is 10.2. The summed E-state index contributed by atoms with van der Waals surface area (Å²) >= 11 is 0. The first kappa shape index (κ1) is 18.9. The molecule has 136 valence electrons. The standard InChI is InChI=1S/C18H20N4O4/c1-12(21-22-18(24)13-6-8-19-9-7-13)10-17(23)20-15-5-4-14(25-2)11-16(15)26-3/h4-9,11H,10H2,1-3H3,(H,20,23)(H,22,24). The van der Waals surface area contributed by atoms with Crippen LogP contribution in [0.4, 0.5) is 5.69 Å². The topological polar surface area (TPSA) is 102 Å². The van der Waals surface area contributed by atoms with E-state index < -0.39 is 0 Å². The van der Waals surface area contributed by atoms with E-state index in [0.717, 1.165) is 0 Å². The molecule has 0 bridgehead atoms. The van der Waals surface area contributed by atoms with E-state index in [1.54, 1.807) is 44.4 Å². The third-order valence-electron chi connectivity index (χ3n) is 3.39. The average Bonchev–Trinajstić information content (AvgIpc) is 2.67. The van der Waals surface area contributed by atoms with Crippen molar-refractivity contribution < 1.29 is 19.1 Å². The molecule has 8 heteroatoms. The minimum absolute atomic E-state index is 0.0197. The fourth-order valence-corrected chi connectivity index (χ4v) is 2.08. The van der Waals surface area contributed by atoms with Gasteiger partial charge in [-0.05, 0) is 31.2 Å². The van der Waals surface area contributed by atoms with E-state index in [1.807, 2.05) is 0 Å². The van der Waals surface area contributed by atoms with Crippen LogP contribution in [0.5, 0.6) is 11.5 Å². The third-order valence-corrected chi connectivity index (χ3v) is 3.39. The lowest BCUT2D eigenvalue weighted by molar-refractivity contribution is -0.115. The molecule has 2 N–H and O–H groups in total. The monoisotopic (exact) mass is 356 g/mol. The fraction of sp³-hybridized carbons (Fsp3) is 0.222. The highest BCUT2D eigenvalue weighted by Crippen LogP contribution is 2.29. The number of carbonyl (C=O) groups is 2. The van der Waals surface area contributed by atoms with Gasteiger partial charge in [-0.15, -0.1) is 0 Å². The molecular weight excluding hydrogens is 336 g/mol. The van der Waals surface area contributed by atoms with Crippen LogP contribution in [0.1, 0.15) is 23.7 Å². The van der Waals surface area contributed by atoms with Crippen molar-refractivity contribution in [2.45, 2.75) is 13.3 Å². The number of aromatic nitrogens is 1. The van der Waals surface area contributed by atoms with Gasteiger partial charge in [0.1, 0.15) is 11.5 Å². The summed E-state index contributed by atoms with van der Waals surface area (Å²) in [5.41, 5.74) is 3.82. The molecule has 0 aliphatic rings. The highest BCUT2D eigenvalue weighted by atomic mass is 16.5. The third kappa shape index (κ3) is 5.30. The van der Waals surface area contributed by atoms with Crippen LogP contribution >= 0.6 is 0 Å². The Morgan fingerprint density at radius 1 is 1.12 bits per heavy atom. The molecule has 0 aliphatic carbocycles. The maximum Gasteiger partial charge on any atom is 0.271 e. The van der Waals surface area contributed by atoms with Gasteiger partial charge in [0, 0.05) is 29.7 Å². The van der Waals surface area contributed by atoms with Gasteiger partial charge < -0.3 is 14.8 Å². The van der Waals surface area contributed by atoms with Crippen molar-refractivity contribution in [2.24, 2.45) is 5.10 Å². The Bertz CT molecular complexity index is 806. The van der Waals surface area contributed by atoms with Gasteiger partial charge in [-0.2, -0.15) is 5.10 Å². The largest absolute Gasteiger partial charge is 0.497 e. The maximum atomic E-state index is 12.2. The van der Waals surface area contributed by atoms with Crippen LogP contribution in [0, 0.1) is 0 Å². The van der Waals surface area contributed by atoms with Gasteiger partial charge in [0.25, 0.3) is 5.91 Å². The lowest BCUT2D eigenvalue weighted by Gasteiger charge is -2.11. The molecule has 8 nitrogen and oxygen atoms in total. The molecule has 0 fully saturated rings. The van der Waals surface area contributed by atoms with E-state index in [2.05, 4.69) is 20.8 Å². The summed E-state index contributed by atoms with van der Waals surface area (Å²) in [5.74, 6) is 0.451. The molecule has 1 heterocycles. The molecule has 0 atom stereocenters. The van der Waals surface area contributed by atoms with Crippen molar-refractivity contribution in [1.82, 2.24) is 10.4 Å². The highest BCUT2D eigenvalue weighted by Gasteiger charge is 2.10. The van der Waals surface area contributed by atoms with Gasteiger partial charge in [0.15, 0.2) is 0 Å². The molecule has 0 unspecified atom stereocenters. The van der Waals surface area contributed by atoms with E-state index in [4.69, 9.17) is 9.47 Å². The van der Waals surface area contributed by atoms with Gasteiger partial charge in [0.05, 0.1) is 26.3 Å². The smallest absolute Gasteiger partial charge is 0.271 e. The minimum atomic E-state index is -0.371. The molecule has 2 rings (SSSR count). The first-order valence-corrected chi connectivity index (χ1v) is 7.79. The second-order valence-electron chi connectivity index (χ2n) is 5.32. The SMILES string of the molecule is COc1ccc(NC(=O)CC(C)=NNC(=O)c2ccncc2)c(OC)c1. The maximum absolute atomic E-state index is 12.2. The number of ether oxygens (including phenoxy) is 2. The Kier molecular flexibility index (Phi) is 6.67. The molecule has 0 aliphatic heterocycles. The first-order chi connectivity index (χ1) is 12.5. The molecule has 0 saturated heterocycles. The van der Waals surface area contributed by atoms with Crippen LogP contribution in [-0.2, 0) is 4.79 Å². The van der Waals surface area contributed by atoms with Crippen molar-refractivity contribution >= 4 is 23.2 Å². The van der Waals surface area contributed by atoms with Crippen molar-refractivity contribution in [3.05, 3.63) is 48.3 Å². The number of hydrogen-bond donors (Lipinski definition) is 2. The summed E-state index contributed by atoms with van der Waals surface area (Å²) in [6.45, 7) is 1.65. The number of rotatable bonds is 7. The second kappa shape index (κ2) is 9.16. The normalized spacial score (nSPS) is 10.8. The van der Waals surface area contributed by atoms with Gasteiger partial charge in [-0.25, -0.2) is 5.43 Å². The number of hydrogen-bond acceptors (Lipinski definition) is 6. The Balaban J connectivity index is 1.93. The molecule has 1 aromatic carbocycles. The van der Waals surface area contributed by atoms with Crippen LogP contribution in [0.15, 0.2) is 47.8 Å². The van der Waals surface area contributed by atoms with Crippen LogP contribution in [-0.4, -0.2) is 36.7 Å². The van der Waals surface area contributed by atoms with E-state index in [-0.39, 0.29) is 18.2 Å². The minimum Gasteiger partial charge on any atom is -0.497 e. The first-order valence-electron chi connectivity index (χ1n) is 7.79. The van der Waals surface area contributed by atoms with Crippen molar-refractivity contribution in [2.75, 3.05) is 19.5 Å². The highest BCUT2D eigenvalue weighted by molar-refractivity contribution is 6.06. The van der Waals surface area contributed by atoms with Gasteiger partial charge in [-0.1, -0.05) is 0 Å². The molecular formula is C18H20N4O4. The zero-order chi connectivity index (χ0) is 18.9. The molecule has 0 saturated carbocycles. The van der Waals surface area contributed by atoms with Crippen LogP contribution in [0.3, 0.4) is 0 Å². The predicted molar refractivity (Wildman–Crippen MR) is 97.6 cm³/mol. The number of nitrogens with zero attached hydrogens (tertiary/aromatic N) is 2. The number of methoxy groups -OCH3 is 2. The summed E-state index contributed by atoms with van der Waals surface area (Å²) in [6, 6.07) is 8.22. The summed E-state index contributed by atoms with van der Waals surface area (Å²) in [5, 5.41) is 6.68. The number of anilines is 1. The van der Waals surface area contributed by atoms with Crippen LogP contribution in [0.25, 0.3) is 0 Å². The van der Waals surface area contributed by atoms with E-state index in [1.165, 1.54) is 19.5 Å². The number of nitrogens with one attached hydrogen (secondary N) is 2. The zero-order valence-electron chi connectivity index (χ0n) is 14.8. The molecule has 1 aromatic heterocycles. The van der Waals surface area contributed by atoms with Gasteiger partial charge >= 0.3 is 0 Å². The Morgan fingerprint density at radius 2 is 1.85 bits per heavy atom. The molecule has 0 spiro atoms. The van der Waals surface area contributed by atoms with Crippen molar-refractivity contribution in [3.63, 3.8) is 0 Å². The van der Waals surface area contributed by atoms with Gasteiger partial charge in [-0.3, -0.25) is 14.6 Å². The summed E-state index contributed by atoms with van der Waals surface area (Å²) in [4.78, 5) is 27.9. The Labute approximate surface area is 151 Å². The second-order valence-corrected chi connectivity index (χ2v) is 5.32. The van der Waals surface area contributed by atoms with E-state index in [0.29, 0.717) is 28.5 Å². The molecule has 2 amide bonds. The fourth-order valence-electron chi connectivity index (χ4n) is 2.08. The number of carbonyl (C=O) groups excluding carboxylic acids is 2. The average molecular weight is 356 g/mol. The number of hydrazone groups is 1. The van der Waals surface area contributed by atoms with Crippen LogP contribution in [0.2, 0.25) is 0 Å².